The fourth-order valence-electron chi connectivity index (χ4n) is 1.96. The zero-order valence-electron chi connectivity index (χ0n) is 12.3. The van der Waals surface area contributed by atoms with Gasteiger partial charge in [-0.15, -0.1) is 12.4 Å². The number of nitrogens with zero attached hydrogens (tertiary/aromatic N) is 1. The van der Waals surface area contributed by atoms with Crippen LogP contribution in [0.5, 0.6) is 5.75 Å². The van der Waals surface area contributed by atoms with Crippen LogP contribution < -0.4 is 15.8 Å². The number of halogens is 1. The molecule has 2 aromatic rings. The molecule has 21 heavy (non-hydrogen) atoms. The van der Waals surface area contributed by atoms with E-state index in [1.54, 1.807) is 14.0 Å². The lowest BCUT2D eigenvalue weighted by Gasteiger charge is -2.21. The minimum Gasteiger partial charge on any atom is -0.497 e. The molecule has 1 unspecified atom stereocenters. The van der Waals surface area contributed by atoms with E-state index in [0.29, 0.717) is 11.6 Å². The number of nitrogens with two attached hydrogens (primary N) is 1. The molecule has 0 aliphatic rings. The second-order valence-corrected chi connectivity index (χ2v) is 6.00. The summed E-state index contributed by atoms with van der Waals surface area (Å²) in [5.74, 6) is 0.569. The molecule has 1 heterocycles. The Bertz CT molecular complexity index is 628. The molecule has 7 heteroatoms. The number of methoxy groups -OCH3 is 1. The SMILES string of the molecule is CCCC(C)(N)C(=O)Nc1nc2ccc(OC)cc2s1.Cl. The summed E-state index contributed by atoms with van der Waals surface area (Å²) in [5.41, 5.74) is 5.97. The van der Waals surface area contributed by atoms with Gasteiger partial charge in [-0.2, -0.15) is 0 Å². The lowest BCUT2D eigenvalue weighted by atomic mass is 9.97. The van der Waals surface area contributed by atoms with Gasteiger partial charge in [-0.05, 0) is 31.5 Å². The maximum absolute atomic E-state index is 12.1. The van der Waals surface area contributed by atoms with Crippen molar-refractivity contribution in [1.82, 2.24) is 4.98 Å². The Morgan fingerprint density at radius 1 is 1.52 bits per heavy atom. The molecule has 1 aromatic heterocycles. The first-order valence-electron chi connectivity index (χ1n) is 6.51. The second kappa shape index (κ2) is 7.06. The lowest BCUT2D eigenvalue weighted by Crippen LogP contribution is -2.48. The van der Waals surface area contributed by atoms with Gasteiger partial charge in [0, 0.05) is 0 Å². The highest BCUT2D eigenvalue weighted by Crippen LogP contribution is 2.29. The Kier molecular flexibility index (Phi) is 5.95. The van der Waals surface area contributed by atoms with Crippen LogP contribution in [0.3, 0.4) is 0 Å². The predicted octanol–water partition coefficient (Wildman–Crippen LogP) is 3.18. The predicted molar refractivity (Wildman–Crippen MR) is 89.6 cm³/mol. The molecular weight excluding hydrogens is 310 g/mol. The molecule has 1 aromatic carbocycles. The van der Waals surface area contributed by atoms with E-state index in [4.69, 9.17) is 10.5 Å². The topological polar surface area (TPSA) is 77.2 Å². The van der Waals surface area contributed by atoms with Gasteiger partial charge < -0.3 is 15.8 Å². The molecule has 0 spiro atoms. The monoisotopic (exact) mass is 329 g/mol. The lowest BCUT2D eigenvalue weighted by molar-refractivity contribution is -0.120. The summed E-state index contributed by atoms with van der Waals surface area (Å²) in [7, 11) is 1.62. The summed E-state index contributed by atoms with van der Waals surface area (Å²) in [6, 6.07) is 5.61. The number of rotatable bonds is 5. The molecule has 1 atom stereocenters. The zero-order chi connectivity index (χ0) is 14.8. The van der Waals surface area contributed by atoms with E-state index in [1.165, 1.54) is 11.3 Å². The van der Waals surface area contributed by atoms with Crippen LogP contribution in [0.1, 0.15) is 26.7 Å². The Balaban J connectivity index is 0.00000220. The molecule has 116 valence electrons. The van der Waals surface area contributed by atoms with Gasteiger partial charge in [0.25, 0.3) is 0 Å². The number of benzene rings is 1. The van der Waals surface area contributed by atoms with Crippen LogP contribution in [0.4, 0.5) is 5.13 Å². The number of nitrogens with one attached hydrogen (secondary N) is 1. The van der Waals surface area contributed by atoms with Crippen LogP contribution in [0.2, 0.25) is 0 Å². The number of hydrogen-bond acceptors (Lipinski definition) is 5. The van der Waals surface area contributed by atoms with Crippen LogP contribution in [0.25, 0.3) is 10.2 Å². The van der Waals surface area contributed by atoms with Crippen molar-refractivity contribution in [2.45, 2.75) is 32.2 Å². The summed E-state index contributed by atoms with van der Waals surface area (Å²) < 4.78 is 6.14. The van der Waals surface area contributed by atoms with Gasteiger partial charge in [0.2, 0.25) is 5.91 Å². The van der Waals surface area contributed by atoms with Gasteiger partial charge in [0.1, 0.15) is 5.75 Å². The third-order valence-electron chi connectivity index (χ3n) is 3.10. The van der Waals surface area contributed by atoms with E-state index in [-0.39, 0.29) is 18.3 Å². The summed E-state index contributed by atoms with van der Waals surface area (Å²) >= 11 is 1.41. The molecule has 0 saturated carbocycles. The van der Waals surface area contributed by atoms with Crippen molar-refractivity contribution in [3.05, 3.63) is 18.2 Å². The fraction of sp³-hybridized carbons (Fsp3) is 0.429. The normalized spacial score (nSPS) is 13.3. The number of aromatic nitrogens is 1. The van der Waals surface area contributed by atoms with Crippen LogP contribution in [0.15, 0.2) is 18.2 Å². The molecule has 0 aliphatic heterocycles. The van der Waals surface area contributed by atoms with E-state index >= 15 is 0 Å². The minimum atomic E-state index is -0.871. The van der Waals surface area contributed by atoms with E-state index in [2.05, 4.69) is 10.3 Å². The summed E-state index contributed by atoms with van der Waals surface area (Å²) in [4.78, 5) is 16.5. The largest absolute Gasteiger partial charge is 0.497 e. The van der Waals surface area contributed by atoms with E-state index in [9.17, 15) is 4.79 Å². The van der Waals surface area contributed by atoms with Crippen molar-refractivity contribution in [3.8, 4) is 5.75 Å². The van der Waals surface area contributed by atoms with Gasteiger partial charge in [-0.3, -0.25) is 4.79 Å². The maximum atomic E-state index is 12.1. The van der Waals surface area contributed by atoms with E-state index < -0.39 is 5.54 Å². The van der Waals surface area contributed by atoms with Crippen molar-refractivity contribution in [2.75, 3.05) is 12.4 Å². The Hall–Kier alpha value is -1.37. The average Bonchev–Trinajstić information content (AvgIpc) is 2.79. The second-order valence-electron chi connectivity index (χ2n) is 4.97. The number of amides is 1. The quantitative estimate of drug-likeness (QED) is 0.883. The molecule has 0 bridgehead atoms. The Morgan fingerprint density at radius 3 is 2.86 bits per heavy atom. The van der Waals surface area contributed by atoms with Gasteiger partial charge in [0.15, 0.2) is 5.13 Å². The number of fused-ring (bicyclic) bond motifs is 1. The average molecular weight is 330 g/mol. The third-order valence-corrected chi connectivity index (χ3v) is 4.04. The highest BCUT2D eigenvalue weighted by molar-refractivity contribution is 7.22. The minimum absolute atomic E-state index is 0. The van der Waals surface area contributed by atoms with Crippen molar-refractivity contribution >= 4 is 45.0 Å². The first-order valence-corrected chi connectivity index (χ1v) is 7.33. The maximum Gasteiger partial charge on any atom is 0.245 e. The number of anilines is 1. The molecule has 5 nitrogen and oxygen atoms in total. The first-order chi connectivity index (χ1) is 9.46. The standard InChI is InChI=1S/C14H19N3O2S.ClH/c1-4-7-14(2,15)12(18)17-13-16-10-6-5-9(19-3)8-11(10)20-13;/h5-6,8H,4,7,15H2,1-3H3,(H,16,17,18);1H. The number of ether oxygens (including phenoxy) is 1. The van der Waals surface area contributed by atoms with E-state index in [0.717, 1.165) is 22.4 Å². The van der Waals surface area contributed by atoms with Crippen molar-refractivity contribution < 1.29 is 9.53 Å². The molecule has 0 radical (unpaired) electrons. The molecule has 0 aliphatic carbocycles. The van der Waals surface area contributed by atoms with Crippen LogP contribution in [-0.2, 0) is 4.79 Å². The number of thiazole rings is 1. The zero-order valence-corrected chi connectivity index (χ0v) is 13.9. The molecule has 0 fully saturated rings. The third kappa shape index (κ3) is 4.06. The first kappa shape index (κ1) is 17.7. The van der Waals surface area contributed by atoms with Crippen molar-refractivity contribution in [3.63, 3.8) is 0 Å². The molecule has 2 rings (SSSR count). The summed E-state index contributed by atoms with van der Waals surface area (Å²) in [6.45, 7) is 3.74. The Morgan fingerprint density at radius 2 is 2.24 bits per heavy atom. The highest BCUT2D eigenvalue weighted by Gasteiger charge is 2.27. The van der Waals surface area contributed by atoms with Gasteiger partial charge in [-0.25, -0.2) is 4.98 Å². The smallest absolute Gasteiger partial charge is 0.245 e. The number of hydrogen-bond donors (Lipinski definition) is 2. The highest BCUT2D eigenvalue weighted by atomic mass is 35.5. The van der Waals surface area contributed by atoms with Gasteiger partial charge in [-0.1, -0.05) is 24.7 Å². The summed E-state index contributed by atoms with van der Waals surface area (Å²) in [6.07, 6.45) is 1.50. The molecular formula is C14H20ClN3O2S. The van der Waals surface area contributed by atoms with Crippen molar-refractivity contribution in [1.29, 1.82) is 0 Å². The molecule has 0 saturated heterocycles. The van der Waals surface area contributed by atoms with Gasteiger partial charge >= 0.3 is 0 Å². The number of carbonyl (C=O) groups excluding carboxylic acids is 1. The van der Waals surface area contributed by atoms with Crippen LogP contribution in [0, 0.1) is 0 Å². The van der Waals surface area contributed by atoms with Crippen LogP contribution in [-0.4, -0.2) is 23.5 Å². The van der Waals surface area contributed by atoms with Crippen LogP contribution >= 0.6 is 23.7 Å². The fourth-order valence-corrected chi connectivity index (χ4v) is 2.85. The summed E-state index contributed by atoms with van der Waals surface area (Å²) in [5, 5.41) is 3.36. The van der Waals surface area contributed by atoms with Gasteiger partial charge in [0.05, 0.1) is 22.9 Å². The van der Waals surface area contributed by atoms with E-state index in [1.807, 2.05) is 25.1 Å². The Labute approximate surface area is 134 Å². The molecule has 3 N–H and O–H groups in total. The molecule has 1 amide bonds. The number of carbonyl (C=O) groups is 1. The van der Waals surface area contributed by atoms with Crippen molar-refractivity contribution in [2.24, 2.45) is 5.73 Å².